The fraction of sp³-hybridized carbons (Fsp3) is 0.100. The molecule has 2 aromatic carbocycles. The van der Waals surface area contributed by atoms with Crippen LogP contribution in [0.15, 0.2) is 53.5 Å². The van der Waals surface area contributed by atoms with Gasteiger partial charge in [0.25, 0.3) is 0 Å². The molecule has 0 fully saturated rings. The van der Waals surface area contributed by atoms with Crippen molar-refractivity contribution in [3.05, 3.63) is 68.5 Å². The van der Waals surface area contributed by atoms with Crippen LogP contribution >= 0.6 is 23.6 Å². The number of halogens is 3. The topological polar surface area (TPSA) is 37.5 Å². The molecule has 0 atom stereocenters. The number of aliphatic imine (C=N–C) groups is 1. The number of aromatic hydroxyl groups is 1. The number of nitrogens with zero attached hydrogens (tertiary/aromatic N) is 2. The molecule has 1 N–H and O–H groups in total. The van der Waals surface area contributed by atoms with E-state index in [0.29, 0.717) is 4.88 Å². The van der Waals surface area contributed by atoms with Gasteiger partial charge in [-0.1, -0.05) is 24.3 Å². The van der Waals surface area contributed by atoms with Crippen LogP contribution in [-0.4, -0.2) is 15.4 Å². The molecule has 0 spiro atoms. The predicted molar refractivity (Wildman–Crippen MR) is 108 cm³/mol. The molecule has 0 bridgehead atoms. The number of hydrogen-bond donors (Lipinski definition) is 1. The van der Waals surface area contributed by atoms with E-state index in [2.05, 4.69) is 4.99 Å². The van der Waals surface area contributed by atoms with E-state index in [1.807, 2.05) is 31.2 Å². The third-order valence-electron chi connectivity index (χ3n) is 4.39. The Morgan fingerprint density at radius 2 is 1.89 bits per heavy atom. The van der Waals surface area contributed by atoms with E-state index in [4.69, 9.17) is 12.2 Å². The molecule has 2 heterocycles. The van der Waals surface area contributed by atoms with Gasteiger partial charge in [-0.15, -0.1) is 11.3 Å². The van der Waals surface area contributed by atoms with Crippen molar-refractivity contribution < 1.29 is 18.3 Å². The van der Waals surface area contributed by atoms with Crippen molar-refractivity contribution in [1.82, 2.24) is 4.57 Å². The standard InChI is InChI=1S/C20H13F3N2OS2/c1-11-15(14-7-2-3-8-16(14)24-11)10-17-18(26)25(19(27)28-17)13-6-4-5-12(9-13)20(21,22)23/h2-10,26H,1H3/b15-10+. The van der Waals surface area contributed by atoms with Gasteiger partial charge in [0.1, 0.15) is 0 Å². The van der Waals surface area contributed by atoms with Crippen molar-refractivity contribution in [3.63, 3.8) is 0 Å². The third-order valence-corrected chi connectivity index (χ3v) is 5.70. The summed E-state index contributed by atoms with van der Waals surface area (Å²) in [4.78, 5) is 4.96. The first-order valence-electron chi connectivity index (χ1n) is 8.25. The van der Waals surface area contributed by atoms with Crippen molar-refractivity contribution in [2.24, 2.45) is 4.99 Å². The van der Waals surface area contributed by atoms with Crippen molar-refractivity contribution in [2.45, 2.75) is 13.1 Å². The zero-order chi connectivity index (χ0) is 20.1. The Morgan fingerprint density at radius 3 is 2.64 bits per heavy atom. The molecule has 8 heteroatoms. The summed E-state index contributed by atoms with van der Waals surface area (Å²) in [7, 11) is 0. The van der Waals surface area contributed by atoms with Gasteiger partial charge in [0, 0.05) is 16.8 Å². The highest BCUT2D eigenvalue weighted by molar-refractivity contribution is 7.73. The number of para-hydroxylation sites is 1. The number of aromatic nitrogens is 1. The minimum atomic E-state index is -4.48. The van der Waals surface area contributed by atoms with Gasteiger partial charge in [0.15, 0.2) is 3.95 Å². The number of benzene rings is 2. The van der Waals surface area contributed by atoms with Crippen LogP contribution in [0, 0.1) is 3.95 Å². The second kappa shape index (κ2) is 6.72. The molecule has 28 heavy (non-hydrogen) atoms. The van der Waals surface area contributed by atoms with Gasteiger partial charge in [-0.2, -0.15) is 13.2 Å². The fourth-order valence-electron chi connectivity index (χ4n) is 3.07. The summed E-state index contributed by atoms with van der Waals surface area (Å²) in [6.07, 6.45) is -2.71. The Bertz CT molecular complexity index is 1200. The molecule has 0 saturated heterocycles. The molecule has 3 nitrogen and oxygen atoms in total. The van der Waals surface area contributed by atoms with E-state index in [1.54, 1.807) is 6.08 Å². The van der Waals surface area contributed by atoms with E-state index in [0.717, 1.165) is 46.0 Å². The Morgan fingerprint density at radius 1 is 1.14 bits per heavy atom. The van der Waals surface area contributed by atoms with Crippen molar-refractivity contribution in [3.8, 4) is 11.6 Å². The summed E-state index contributed by atoms with van der Waals surface area (Å²) in [5, 5.41) is 10.7. The SMILES string of the molecule is CC1=Nc2ccccc2/C1=C/c1sc(=S)n(-c2cccc(C(F)(F)F)c2)c1O. The monoisotopic (exact) mass is 418 g/mol. The molecule has 142 valence electrons. The number of alkyl halides is 3. The molecular formula is C20H13F3N2OS2. The van der Waals surface area contributed by atoms with Crippen LogP contribution in [0.5, 0.6) is 5.88 Å². The molecule has 0 radical (unpaired) electrons. The summed E-state index contributed by atoms with van der Waals surface area (Å²) < 4.78 is 40.6. The van der Waals surface area contributed by atoms with E-state index in [1.165, 1.54) is 16.7 Å². The van der Waals surface area contributed by atoms with Crippen LogP contribution in [0.25, 0.3) is 17.3 Å². The van der Waals surface area contributed by atoms with Gasteiger partial charge in [0.05, 0.1) is 21.8 Å². The van der Waals surface area contributed by atoms with Crippen LogP contribution in [0.1, 0.15) is 22.9 Å². The lowest BCUT2D eigenvalue weighted by Gasteiger charge is -2.10. The number of allylic oxidation sites excluding steroid dienone is 1. The molecular weight excluding hydrogens is 405 g/mol. The van der Waals surface area contributed by atoms with Gasteiger partial charge in [-0.3, -0.25) is 9.56 Å². The molecule has 0 aliphatic carbocycles. The Balaban J connectivity index is 1.82. The highest BCUT2D eigenvalue weighted by atomic mass is 32.1. The summed E-state index contributed by atoms with van der Waals surface area (Å²) in [6, 6.07) is 12.3. The summed E-state index contributed by atoms with van der Waals surface area (Å²) in [5.74, 6) is -0.195. The van der Waals surface area contributed by atoms with Crippen molar-refractivity contribution in [1.29, 1.82) is 0 Å². The lowest BCUT2D eigenvalue weighted by Crippen LogP contribution is -2.06. The summed E-state index contributed by atoms with van der Waals surface area (Å²) in [6.45, 7) is 1.87. The maximum absolute atomic E-state index is 13.0. The molecule has 0 saturated carbocycles. The van der Waals surface area contributed by atoms with Crippen LogP contribution in [0.2, 0.25) is 0 Å². The van der Waals surface area contributed by atoms with E-state index >= 15 is 0 Å². The lowest BCUT2D eigenvalue weighted by atomic mass is 10.0. The van der Waals surface area contributed by atoms with Crippen molar-refractivity contribution in [2.75, 3.05) is 0 Å². The summed E-state index contributed by atoms with van der Waals surface area (Å²) in [5.41, 5.74) is 2.78. The second-order valence-corrected chi connectivity index (χ2v) is 7.89. The average Bonchev–Trinajstić information content (AvgIpc) is 3.11. The lowest BCUT2D eigenvalue weighted by molar-refractivity contribution is -0.137. The smallest absolute Gasteiger partial charge is 0.416 e. The van der Waals surface area contributed by atoms with Gasteiger partial charge >= 0.3 is 6.18 Å². The van der Waals surface area contributed by atoms with Gasteiger partial charge in [0.2, 0.25) is 5.88 Å². The van der Waals surface area contributed by atoms with Crippen molar-refractivity contribution >= 4 is 46.6 Å². The van der Waals surface area contributed by atoms with Crippen LogP contribution in [0.4, 0.5) is 18.9 Å². The molecule has 0 amide bonds. The molecule has 1 aromatic heterocycles. The van der Waals surface area contributed by atoms with Gasteiger partial charge in [-0.25, -0.2) is 0 Å². The third kappa shape index (κ3) is 3.18. The molecule has 4 rings (SSSR count). The molecule has 3 aromatic rings. The largest absolute Gasteiger partial charge is 0.493 e. The number of rotatable bonds is 2. The van der Waals surface area contributed by atoms with Gasteiger partial charge in [-0.05, 0) is 49.5 Å². The Labute approximate surface area is 167 Å². The zero-order valence-corrected chi connectivity index (χ0v) is 16.1. The maximum atomic E-state index is 13.0. The predicted octanol–water partition coefficient (Wildman–Crippen LogP) is 6.64. The summed E-state index contributed by atoms with van der Waals surface area (Å²) >= 11 is 6.44. The van der Waals surface area contributed by atoms with Crippen LogP contribution in [-0.2, 0) is 6.18 Å². The van der Waals surface area contributed by atoms with E-state index in [9.17, 15) is 18.3 Å². The first kappa shape index (κ1) is 18.6. The highest BCUT2D eigenvalue weighted by Gasteiger charge is 2.31. The minimum absolute atomic E-state index is 0.162. The number of thiazole rings is 1. The normalized spacial score (nSPS) is 15.0. The highest BCUT2D eigenvalue weighted by Crippen LogP contribution is 2.39. The minimum Gasteiger partial charge on any atom is -0.493 e. The van der Waals surface area contributed by atoms with Crippen LogP contribution < -0.4 is 0 Å². The first-order valence-corrected chi connectivity index (χ1v) is 9.47. The van der Waals surface area contributed by atoms with E-state index < -0.39 is 11.7 Å². The Hall–Kier alpha value is -2.71. The number of hydrogen-bond acceptors (Lipinski definition) is 4. The quantitative estimate of drug-likeness (QED) is 0.474. The van der Waals surface area contributed by atoms with E-state index in [-0.39, 0.29) is 15.5 Å². The molecule has 1 aliphatic heterocycles. The average molecular weight is 418 g/mol. The molecule has 1 aliphatic rings. The number of fused-ring (bicyclic) bond motifs is 1. The fourth-order valence-corrected chi connectivity index (χ4v) is 4.36. The first-order chi connectivity index (χ1) is 13.3. The van der Waals surface area contributed by atoms with Crippen LogP contribution in [0.3, 0.4) is 0 Å². The Kier molecular flexibility index (Phi) is 4.47. The zero-order valence-electron chi connectivity index (χ0n) is 14.5. The maximum Gasteiger partial charge on any atom is 0.416 e. The molecule has 0 unspecified atom stereocenters. The second-order valence-electron chi connectivity index (χ2n) is 6.21. The van der Waals surface area contributed by atoms with Gasteiger partial charge < -0.3 is 5.11 Å².